The van der Waals surface area contributed by atoms with Crippen LogP contribution in [0.3, 0.4) is 0 Å². The molecule has 0 bridgehead atoms. The molecule has 4 nitrogen and oxygen atoms in total. The first-order valence-electron chi connectivity index (χ1n) is 5.72. The van der Waals surface area contributed by atoms with Crippen LogP contribution in [0.2, 0.25) is 0 Å². The summed E-state index contributed by atoms with van der Waals surface area (Å²) >= 11 is 0. The molecule has 0 unspecified atom stereocenters. The summed E-state index contributed by atoms with van der Waals surface area (Å²) in [5.41, 5.74) is 2.93. The number of methoxy groups -OCH3 is 1. The predicted molar refractivity (Wildman–Crippen MR) is 77.0 cm³/mol. The molecule has 0 aliphatic heterocycles. The largest absolute Gasteiger partial charge is 0.491 e. The second-order valence-corrected chi connectivity index (χ2v) is 3.86. The molecule has 1 heterocycles. The average Bonchev–Trinajstić information content (AvgIpc) is 2.45. The van der Waals surface area contributed by atoms with Crippen molar-refractivity contribution in [2.75, 3.05) is 7.11 Å². The molecule has 2 aromatic rings. The zero-order valence-electron chi connectivity index (χ0n) is 10.6. The van der Waals surface area contributed by atoms with Gasteiger partial charge in [0.25, 0.3) is 0 Å². The van der Waals surface area contributed by atoms with Gasteiger partial charge in [0.15, 0.2) is 5.75 Å². The van der Waals surface area contributed by atoms with Gasteiger partial charge in [-0.1, -0.05) is 43.5 Å². The maximum Gasteiger partial charge on any atom is 0.307 e. The third kappa shape index (κ3) is 2.20. The van der Waals surface area contributed by atoms with E-state index in [0.717, 1.165) is 16.7 Å². The summed E-state index contributed by atoms with van der Waals surface area (Å²) in [6, 6.07) is 5.71. The standard InChI is InChI=1S/C15H14N2O2/c1-4-10-7-6-8-12(11(10)5-2)13-9-16-17-15(18)14(13)19-3/h4-9H,1-2H2,3H3,(H,17,18). The molecule has 1 aromatic carbocycles. The molecule has 0 atom stereocenters. The van der Waals surface area contributed by atoms with Crippen molar-refractivity contribution in [2.24, 2.45) is 0 Å². The summed E-state index contributed by atoms with van der Waals surface area (Å²) in [6.07, 6.45) is 5.04. The van der Waals surface area contributed by atoms with Gasteiger partial charge in [-0.2, -0.15) is 5.10 Å². The Kier molecular flexibility index (Phi) is 3.61. The first-order chi connectivity index (χ1) is 9.22. The van der Waals surface area contributed by atoms with Gasteiger partial charge in [-0.05, 0) is 16.7 Å². The number of rotatable bonds is 4. The number of hydrogen-bond donors (Lipinski definition) is 1. The van der Waals surface area contributed by atoms with E-state index in [1.165, 1.54) is 7.11 Å². The molecule has 0 saturated heterocycles. The predicted octanol–water partition coefficient (Wildman–Crippen LogP) is 2.73. The fraction of sp³-hybridized carbons (Fsp3) is 0.0667. The van der Waals surface area contributed by atoms with Gasteiger partial charge in [0.2, 0.25) is 0 Å². The Morgan fingerprint density at radius 2 is 2.05 bits per heavy atom. The van der Waals surface area contributed by atoms with E-state index >= 15 is 0 Å². The molecule has 0 spiro atoms. The fourth-order valence-electron chi connectivity index (χ4n) is 2.01. The van der Waals surface area contributed by atoms with E-state index in [-0.39, 0.29) is 11.3 Å². The Balaban J connectivity index is 2.79. The van der Waals surface area contributed by atoms with Crippen LogP contribution in [0, 0.1) is 0 Å². The van der Waals surface area contributed by atoms with Crippen LogP contribution in [-0.4, -0.2) is 17.3 Å². The minimum absolute atomic E-state index is 0.235. The van der Waals surface area contributed by atoms with Crippen molar-refractivity contribution >= 4 is 12.2 Å². The van der Waals surface area contributed by atoms with Crippen molar-refractivity contribution in [2.45, 2.75) is 0 Å². The Morgan fingerprint density at radius 3 is 2.68 bits per heavy atom. The molecule has 0 saturated carbocycles. The molecule has 1 aromatic heterocycles. The van der Waals surface area contributed by atoms with Gasteiger partial charge >= 0.3 is 5.56 Å². The monoisotopic (exact) mass is 254 g/mol. The highest BCUT2D eigenvalue weighted by Gasteiger charge is 2.13. The van der Waals surface area contributed by atoms with Crippen LogP contribution in [0.15, 0.2) is 42.3 Å². The first-order valence-corrected chi connectivity index (χ1v) is 5.72. The highest BCUT2D eigenvalue weighted by molar-refractivity contribution is 5.82. The average molecular weight is 254 g/mol. The molecular formula is C15H14N2O2. The van der Waals surface area contributed by atoms with Crippen molar-refractivity contribution in [1.82, 2.24) is 10.2 Å². The highest BCUT2D eigenvalue weighted by Crippen LogP contribution is 2.31. The van der Waals surface area contributed by atoms with Crippen LogP contribution in [0.4, 0.5) is 0 Å². The van der Waals surface area contributed by atoms with Gasteiger partial charge < -0.3 is 4.74 Å². The number of H-pyrrole nitrogens is 1. The maximum atomic E-state index is 11.7. The van der Waals surface area contributed by atoms with E-state index in [4.69, 9.17) is 4.74 Å². The number of nitrogens with zero attached hydrogens (tertiary/aromatic N) is 1. The smallest absolute Gasteiger partial charge is 0.307 e. The summed E-state index contributed by atoms with van der Waals surface area (Å²) < 4.78 is 5.16. The SMILES string of the molecule is C=Cc1cccc(-c2cn[nH]c(=O)c2OC)c1C=C. The van der Waals surface area contributed by atoms with Gasteiger partial charge in [0, 0.05) is 0 Å². The van der Waals surface area contributed by atoms with E-state index in [1.807, 2.05) is 18.2 Å². The van der Waals surface area contributed by atoms with Gasteiger partial charge in [0.1, 0.15) is 0 Å². The second-order valence-electron chi connectivity index (χ2n) is 3.86. The van der Waals surface area contributed by atoms with Gasteiger partial charge in [0.05, 0.1) is 18.9 Å². The Hall–Kier alpha value is -2.62. The lowest BCUT2D eigenvalue weighted by Gasteiger charge is -2.11. The molecular weight excluding hydrogens is 240 g/mol. The molecule has 0 aliphatic carbocycles. The van der Waals surface area contributed by atoms with E-state index < -0.39 is 0 Å². The first kappa shape index (κ1) is 12.8. The number of hydrogen-bond acceptors (Lipinski definition) is 3. The molecule has 0 amide bonds. The topological polar surface area (TPSA) is 55.0 Å². The van der Waals surface area contributed by atoms with Crippen molar-refractivity contribution < 1.29 is 4.74 Å². The zero-order chi connectivity index (χ0) is 13.8. The molecule has 19 heavy (non-hydrogen) atoms. The van der Waals surface area contributed by atoms with Crippen molar-refractivity contribution in [3.8, 4) is 16.9 Å². The molecule has 2 rings (SSSR count). The van der Waals surface area contributed by atoms with Crippen LogP contribution in [0.1, 0.15) is 11.1 Å². The zero-order valence-corrected chi connectivity index (χ0v) is 10.6. The summed E-state index contributed by atoms with van der Waals surface area (Å²) in [5, 5.41) is 6.17. The lowest BCUT2D eigenvalue weighted by molar-refractivity contribution is 0.408. The third-order valence-corrected chi connectivity index (χ3v) is 2.87. The normalized spacial score (nSPS) is 9.95. The van der Waals surface area contributed by atoms with Crippen molar-refractivity contribution in [3.05, 3.63) is 59.0 Å². The number of nitrogens with one attached hydrogen (secondary N) is 1. The van der Waals surface area contributed by atoms with Crippen LogP contribution in [0.5, 0.6) is 5.75 Å². The lowest BCUT2D eigenvalue weighted by Crippen LogP contribution is -2.12. The number of benzene rings is 1. The van der Waals surface area contributed by atoms with Crippen LogP contribution >= 0.6 is 0 Å². The summed E-state index contributed by atoms with van der Waals surface area (Å²) in [7, 11) is 1.46. The van der Waals surface area contributed by atoms with Crippen LogP contribution < -0.4 is 10.3 Å². The summed E-state index contributed by atoms with van der Waals surface area (Å²) in [4.78, 5) is 11.7. The van der Waals surface area contributed by atoms with E-state index in [1.54, 1.807) is 18.3 Å². The fourth-order valence-corrected chi connectivity index (χ4v) is 2.01. The Morgan fingerprint density at radius 1 is 1.26 bits per heavy atom. The van der Waals surface area contributed by atoms with Gasteiger partial charge in [-0.3, -0.25) is 4.79 Å². The number of aromatic amines is 1. The summed E-state index contributed by atoms with van der Waals surface area (Å²) in [6.45, 7) is 7.58. The van der Waals surface area contributed by atoms with E-state index in [0.29, 0.717) is 5.56 Å². The summed E-state index contributed by atoms with van der Waals surface area (Å²) in [5.74, 6) is 0.235. The second kappa shape index (κ2) is 5.35. The van der Waals surface area contributed by atoms with Crippen LogP contribution in [0.25, 0.3) is 23.3 Å². The molecule has 4 heteroatoms. The molecule has 1 N–H and O–H groups in total. The highest BCUT2D eigenvalue weighted by atomic mass is 16.5. The van der Waals surface area contributed by atoms with E-state index in [9.17, 15) is 4.79 Å². The van der Waals surface area contributed by atoms with Crippen molar-refractivity contribution in [3.63, 3.8) is 0 Å². The molecule has 0 aliphatic rings. The van der Waals surface area contributed by atoms with E-state index in [2.05, 4.69) is 23.4 Å². The Bertz CT molecular complexity index is 687. The quantitative estimate of drug-likeness (QED) is 0.912. The lowest BCUT2D eigenvalue weighted by atomic mass is 9.96. The number of aromatic nitrogens is 2. The molecule has 96 valence electrons. The van der Waals surface area contributed by atoms with Crippen LogP contribution in [-0.2, 0) is 0 Å². The number of ether oxygens (including phenoxy) is 1. The molecule has 0 radical (unpaired) electrons. The maximum absolute atomic E-state index is 11.7. The minimum Gasteiger partial charge on any atom is -0.491 e. The van der Waals surface area contributed by atoms with Gasteiger partial charge in [-0.15, -0.1) is 0 Å². The van der Waals surface area contributed by atoms with Crippen molar-refractivity contribution in [1.29, 1.82) is 0 Å². The van der Waals surface area contributed by atoms with Gasteiger partial charge in [-0.25, -0.2) is 5.10 Å². The third-order valence-electron chi connectivity index (χ3n) is 2.87. The minimum atomic E-state index is -0.362. The Labute approximate surface area is 111 Å². The molecule has 0 fully saturated rings.